The minimum atomic E-state index is 0.218. The van der Waals surface area contributed by atoms with Gasteiger partial charge in [-0.05, 0) is 54.3 Å². The van der Waals surface area contributed by atoms with Crippen LogP contribution in [0.1, 0.15) is 16.7 Å². The maximum absolute atomic E-state index is 9.60. The number of aromatic hydroxyl groups is 1. The Morgan fingerprint density at radius 3 is 2.83 bits per heavy atom. The molecule has 0 saturated carbocycles. The number of anilines is 1. The summed E-state index contributed by atoms with van der Waals surface area (Å²) in [6.45, 7) is 0. The quantitative estimate of drug-likeness (QED) is 0.760. The Balaban J connectivity index is 1.65. The topological polar surface area (TPSA) is 81.8 Å². The summed E-state index contributed by atoms with van der Waals surface area (Å²) in [4.78, 5) is 8.59. The third-order valence-corrected chi connectivity index (χ3v) is 4.23. The summed E-state index contributed by atoms with van der Waals surface area (Å²) in [6.07, 6.45) is 3.26. The molecule has 5 heteroatoms. The average Bonchev–Trinajstić information content (AvgIpc) is 2.96. The second kappa shape index (κ2) is 5.25. The van der Waals surface area contributed by atoms with E-state index in [0.717, 1.165) is 29.6 Å². The first-order chi connectivity index (χ1) is 11.2. The normalized spacial score (nSPS) is 16.0. The largest absolute Gasteiger partial charge is 0.508 e. The third-order valence-electron chi connectivity index (χ3n) is 4.23. The van der Waals surface area contributed by atoms with Crippen LogP contribution >= 0.6 is 0 Å². The minimum Gasteiger partial charge on any atom is -0.508 e. The first kappa shape index (κ1) is 13.5. The Kier molecular flexibility index (Phi) is 3.09. The molecule has 0 saturated heterocycles. The molecule has 5 nitrogen and oxygen atoms in total. The monoisotopic (exact) mass is 302 g/mol. The highest BCUT2D eigenvalue weighted by Gasteiger charge is 2.22. The predicted molar refractivity (Wildman–Crippen MR) is 87.2 cm³/mol. The van der Waals surface area contributed by atoms with Crippen LogP contribution in [-0.4, -0.2) is 21.1 Å². The van der Waals surface area contributed by atoms with E-state index < -0.39 is 0 Å². The van der Waals surface area contributed by atoms with Gasteiger partial charge >= 0.3 is 0 Å². The van der Waals surface area contributed by atoms with Gasteiger partial charge < -0.3 is 10.4 Å². The van der Waals surface area contributed by atoms with Crippen molar-refractivity contribution < 1.29 is 5.11 Å². The van der Waals surface area contributed by atoms with Gasteiger partial charge in [-0.3, -0.25) is 0 Å². The van der Waals surface area contributed by atoms with E-state index in [1.165, 1.54) is 17.5 Å². The molecule has 1 atom stereocenters. The SMILES string of the molecule is N#Cc1ccc2ncnc(NC3Cc4ccc(O)cc4C3)c2c1. The van der Waals surface area contributed by atoms with E-state index in [4.69, 9.17) is 5.26 Å². The van der Waals surface area contributed by atoms with Gasteiger partial charge in [-0.2, -0.15) is 5.26 Å². The highest BCUT2D eigenvalue weighted by atomic mass is 16.3. The number of benzene rings is 2. The van der Waals surface area contributed by atoms with Gasteiger partial charge in [0.05, 0.1) is 17.1 Å². The highest BCUT2D eigenvalue weighted by Crippen LogP contribution is 2.29. The Morgan fingerprint density at radius 1 is 1.09 bits per heavy atom. The maximum Gasteiger partial charge on any atom is 0.137 e. The summed E-state index contributed by atoms with van der Waals surface area (Å²) in [5.41, 5.74) is 3.82. The number of fused-ring (bicyclic) bond motifs is 2. The summed E-state index contributed by atoms with van der Waals surface area (Å²) in [7, 11) is 0. The van der Waals surface area contributed by atoms with Crippen LogP contribution in [0.2, 0.25) is 0 Å². The van der Waals surface area contributed by atoms with Crippen molar-refractivity contribution in [3.05, 3.63) is 59.4 Å². The van der Waals surface area contributed by atoms with E-state index >= 15 is 0 Å². The van der Waals surface area contributed by atoms with Crippen LogP contribution in [-0.2, 0) is 12.8 Å². The fourth-order valence-corrected chi connectivity index (χ4v) is 3.14. The van der Waals surface area contributed by atoms with Gasteiger partial charge in [-0.1, -0.05) is 6.07 Å². The van der Waals surface area contributed by atoms with Crippen molar-refractivity contribution in [3.63, 3.8) is 0 Å². The predicted octanol–water partition coefficient (Wildman–Crippen LogP) is 2.79. The van der Waals surface area contributed by atoms with E-state index in [0.29, 0.717) is 11.3 Å². The summed E-state index contributed by atoms with van der Waals surface area (Å²) in [5.74, 6) is 1.05. The van der Waals surface area contributed by atoms with Crippen molar-refractivity contribution in [3.8, 4) is 11.8 Å². The molecule has 0 radical (unpaired) electrons. The smallest absolute Gasteiger partial charge is 0.137 e. The molecule has 1 unspecified atom stereocenters. The molecule has 0 spiro atoms. The second-order valence-corrected chi connectivity index (χ2v) is 5.77. The standard InChI is InChI=1S/C18H14N4O/c19-9-11-1-4-17-16(5-11)18(21-10-20-17)22-14-6-12-2-3-15(23)8-13(12)7-14/h1-5,8,10,14,23H,6-7H2,(H,20,21,22). The van der Waals surface area contributed by atoms with Gasteiger partial charge in [-0.25, -0.2) is 9.97 Å². The molecule has 1 heterocycles. The third kappa shape index (κ3) is 2.44. The summed E-state index contributed by atoms with van der Waals surface area (Å²) in [5, 5.41) is 23.0. The molecular formula is C18H14N4O. The number of phenols is 1. The van der Waals surface area contributed by atoms with Crippen LogP contribution in [0, 0.1) is 11.3 Å². The summed E-state index contributed by atoms with van der Waals surface area (Å²) in [6, 6.07) is 13.3. The van der Waals surface area contributed by atoms with Crippen molar-refractivity contribution in [1.29, 1.82) is 5.26 Å². The molecule has 2 aromatic carbocycles. The molecule has 0 aliphatic heterocycles. The van der Waals surface area contributed by atoms with Crippen molar-refractivity contribution in [2.45, 2.75) is 18.9 Å². The lowest BCUT2D eigenvalue weighted by Crippen LogP contribution is -2.20. The Morgan fingerprint density at radius 2 is 1.96 bits per heavy atom. The summed E-state index contributed by atoms with van der Waals surface area (Å²) < 4.78 is 0. The molecule has 4 rings (SSSR count). The van der Waals surface area contributed by atoms with E-state index in [1.807, 2.05) is 24.3 Å². The maximum atomic E-state index is 9.60. The molecular weight excluding hydrogens is 288 g/mol. The van der Waals surface area contributed by atoms with E-state index in [1.54, 1.807) is 12.1 Å². The van der Waals surface area contributed by atoms with Gasteiger partial charge in [0.1, 0.15) is 17.9 Å². The van der Waals surface area contributed by atoms with Gasteiger partial charge in [-0.15, -0.1) is 0 Å². The molecule has 23 heavy (non-hydrogen) atoms. The average molecular weight is 302 g/mol. The molecule has 1 aliphatic carbocycles. The number of aromatic nitrogens is 2. The highest BCUT2D eigenvalue weighted by molar-refractivity contribution is 5.90. The molecule has 2 N–H and O–H groups in total. The number of rotatable bonds is 2. The van der Waals surface area contributed by atoms with Crippen LogP contribution in [0.4, 0.5) is 5.82 Å². The number of hydrogen-bond donors (Lipinski definition) is 2. The van der Waals surface area contributed by atoms with E-state index in [9.17, 15) is 5.11 Å². The number of nitrogens with one attached hydrogen (secondary N) is 1. The number of nitriles is 1. The zero-order valence-corrected chi connectivity index (χ0v) is 12.3. The van der Waals surface area contributed by atoms with Gasteiger partial charge in [0, 0.05) is 11.4 Å². The Bertz CT molecular complexity index is 945. The van der Waals surface area contributed by atoms with Crippen LogP contribution in [0.5, 0.6) is 5.75 Å². The van der Waals surface area contributed by atoms with Crippen molar-refractivity contribution in [2.24, 2.45) is 0 Å². The Labute approximate surface area is 133 Å². The van der Waals surface area contributed by atoms with Gasteiger partial charge in [0.2, 0.25) is 0 Å². The summed E-state index contributed by atoms with van der Waals surface area (Å²) >= 11 is 0. The molecule has 3 aromatic rings. The fraction of sp³-hybridized carbons (Fsp3) is 0.167. The van der Waals surface area contributed by atoms with Crippen LogP contribution < -0.4 is 5.32 Å². The Hall–Kier alpha value is -3.13. The van der Waals surface area contributed by atoms with E-state index in [2.05, 4.69) is 21.4 Å². The minimum absolute atomic E-state index is 0.218. The van der Waals surface area contributed by atoms with Crippen molar-refractivity contribution >= 4 is 16.7 Å². The zero-order chi connectivity index (χ0) is 15.8. The zero-order valence-electron chi connectivity index (χ0n) is 12.3. The van der Waals surface area contributed by atoms with Gasteiger partial charge in [0.25, 0.3) is 0 Å². The second-order valence-electron chi connectivity index (χ2n) is 5.77. The first-order valence-corrected chi connectivity index (χ1v) is 7.45. The van der Waals surface area contributed by atoms with Gasteiger partial charge in [0.15, 0.2) is 0 Å². The first-order valence-electron chi connectivity index (χ1n) is 7.45. The molecule has 1 aliphatic rings. The van der Waals surface area contributed by atoms with Crippen molar-refractivity contribution in [2.75, 3.05) is 5.32 Å². The number of nitrogens with zero attached hydrogens (tertiary/aromatic N) is 3. The molecule has 0 bridgehead atoms. The molecule has 0 amide bonds. The lowest BCUT2D eigenvalue weighted by Gasteiger charge is -2.14. The van der Waals surface area contributed by atoms with Crippen LogP contribution in [0.25, 0.3) is 10.9 Å². The number of hydrogen-bond acceptors (Lipinski definition) is 5. The fourth-order valence-electron chi connectivity index (χ4n) is 3.14. The lowest BCUT2D eigenvalue weighted by atomic mass is 10.1. The molecule has 0 fully saturated rings. The molecule has 112 valence electrons. The van der Waals surface area contributed by atoms with Crippen molar-refractivity contribution in [1.82, 2.24) is 9.97 Å². The molecule has 1 aromatic heterocycles. The van der Waals surface area contributed by atoms with E-state index in [-0.39, 0.29) is 6.04 Å². The van der Waals surface area contributed by atoms with Crippen LogP contribution in [0.15, 0.2) is 42.7 Å². The van der Waals surface area contributed by atoms with Crippen LogP contribution in [0.3, 0.4) is 0 Å². The number of phenolic OH excluding ortho intramolecular Hbond substituents is 1. The lowest BCUT2D eigenvalue weighted by molar-refractivity contribution is 0.474.